The van der Waals surface area contributed by atoms with Crippen LogP contribution in [-0.4, -0.2) is 28.1 Å². The van der Waals surface area contributed by atoms with E-state index in [1.807, 2.05) is 37.3 Å². The quantitative estimate of drug-likeness (QED) is 0.464. The predicted molar refractivity (Wildman–Crippen MR) is 104 cm³/mol. The van der Waals surface area contributed by atoms with Gasteiger partial charge in [0, 0.05) is 5.56 Å². The van der Waals surface area contributed by atoms with Gasteiger partial charge in [-0.2, -0.15) is 0 Å². The van der Waals surface area contributed by atoms with Gasteiger partial charge in [-0.15, -0.1) is 0 Å². The van der Waals surface area contributed by atoms with Gasteiger partial charge < -0.3 is 4.74 Å². The first-order valence-corrected chi connectivity index (χ1v) is 8.75. The average Bonchev–Trinajstić information content (AvgIpc) is 2.88. The Bertz CT molecular complexity index is 888. The molecule has 1 heterocycles. The highest BCUT2D eigenvalue weighted by Gasteiger charge is 2.37. The fourth-order valence-electron chi connectivity index (χ4n) is 2.40. The minimum atomic E-state index is -0.399. The number of hydrogen-bond donors (Lipinski definition) is 0. The molecule has 126 valence electrons. The van der Waals surface area contributed by atoms with E-state index >= 15 is 0 Å². The second-order valence-corrected chi connectivity index (χ2v) is 7.14. The first-order valence-electron chi connectivity index (χ1n) is 7.52. The first kappa shape index (κ1) is 17.4. The van der Waals surface area contributed by atoms with E-state index in [-0.39, 0.29) is 4.32 Å². The number of hydrogen-bond acceptors (Lipinski definition) is 5. The van der Waals surface area contributed by atoms with E-state index < -0.39 is 11.8 Å². The van der Waals surface area contributed by atoms with Crippen molar-refractivity contribution in [1.82, 2.24) is 4.90 Å². The van der Waals surface area contributed by atoms with Crippen LogP contribution in [0.5, 0.6) is 5.75 Å². The molecule has 3 rings (SSSR count). The Kier molecular flexibility index (Phi) is 5.01. The average molecular weight is 369 g/mol. The fraction of sp³-hybridized carbons (Fsp3) is 0.105. The van der Waals surface area contributed by atoms with Gasteiger partial charge in [-0.05, 0) is 42.8 Å². The Morgan fingerprint density at radius 3 is 2.56 bits per heavy atom. The lowest BCUT2D eigenvalue weighted by Crippen LogP contribution is -2.34. The molecule has 0 aliphatic carbocycles. The van der Waals surface area contributed by atoms with Crippen LogP contribution in [0.2, 0.25) is 0 Å². The summed E-state index contributed by atoms with van der Waals surface area (Å²) in [5.74, 6) is -0.0546. The zero-order chi connectivity index (χ0) is 18.0. The Labute approximate surface area is 155 Å². The van der Waals surface area contributed by atoms with Crippen LogP contribution in [0, 0.1) is 6.92 Å². The largest absolute Gasteiger partial charge is 0.497 e. The maximum absolute atomic E-state index is 12.7. The number of thiocarbonyl (C=S) groups is 1. The highest BCUT2D eigenvalue weighted by molar-refractivity contribution is 8.26. The summed E-state index contributed by atoms with van der Waals surface area (Å²) in [7, 11) is 1.59. The number of nitrogens with zero attached hydrogens (tertiary/aromatic N) is 1. The Hall–Kier alpha value is -2.44. The van der Waals surface area contributed by atoms with E-state index in [9.17, 15) is 9.59 Å². The Morgan fingerprint density at radius 1 is 1.20 bits per heavy atom. The molecule has 1 fully saturated rings. The molecule has 0 spiro atoms. The van der Waals surface area contributed by atoms with Crippen LogP contribution in [0.15, 0.2) is 53.4 Å². The zero-order valence-electron chi connectivity index (χ0n) is 13.7. The van der Waals surface area contributed by atoms with Crippen molar-refractivity contribution in [3.05, 3.63) is 70.1 Å². The van der Waals surface area contributed by atoms with Crippen LogP contribution >= 0.6 is 24.0 Å². The maximum atomic E-state index is 12.7. The zero-order valence-corrected chi connectivity index (χ0v) is 15.3. The number of imide groups is 1. The number of ether oxygens (including phenoxy) is 1. The molecule has 1 saturated heterocycles. The van der Waals surface area contributed by atoms with Gasteiger partial charge in [-0.25, -0.2) is 4.90 Å². The number of benzene rings is 2. The van der Waals surface area contributed by atoms with Gasteiger partial charge in [0.2, 0.25) is 0 Å². The minimum absolute atomic E-state index is 0.247. The van der Waals surface area contributed by atoms with E-state index in [1.165, 1.54) is 0 Å². The van der Waals surface area contributed by atoms with E-state index in [0.717, 1.165) is 33.5 Å². The molecule has 25 heavy (non-hydrogen) atoms. The molecule has 2 amide bonds. The highest BCUT2D eigenvalue weighted by Crippen LogP contribution is 2.33. The van der Waals surface area contributed by atoms with Crippen molar-refractivity contribution in [2.75, 3.05) is 7.11 Å². The summed E-state index contributed by atoms with van der Waals surface area (Å²) in [5, 5.41) is 0. The number of carbonyl (C=O) groups is 2. The van der Waals surface area contributed by atoms with Crippen LogP contribution < -0.4 is 4.74 Å². The van der Waals surface area contributed by atoms with Gasteiger partial charge in [-0.3, -0.25) is 9.59 Å². The summed E-state index contributed by atoms with van der Waals surface area (Å²) < 4.78 is 5.36. The van der Waals surface area contributed by atoms with Gasteiger partial charge in [0.15, 0.2) is 4.32 Å². The molecule has 4 nitrogen and oxygen atoms in total. The van der Waals surface area contributed by atoms with Crippen LogP contribution in [0.4, 0.5) is 0 Å². The lowest BCUT2D eigenvalue weighted by molar-refractivity contribution is -0.120. The first-order chi connectivity index (χ1) is 12.0. The number of methoxy groups -OCH3 is 1. The molecule has 1 aliphatic heterocycles. The van der Waals surface area contributed by atoms with E-state index in [2.05, 4.69) is 0 Å². The molecule has 0 radical (unpaired) electrons. The molecule has 6 heteroatoms. The molecule has 0 unspecified atom stereocenters. The van der Waals surface area contributed by atoms with E-state index in [4.69, 9.17) is 17.0 Å². The summed E-state index contributed by atoms with van der Waals surface area (Å²) in [6.45, 7) is 1.89. The van der Waals surface area contributed by atoms with Gasteiger partial charge in [-0.1, -0.05) is 53.8 Å². The fourth-order valence-corrected chi connectivity index (χ4v) is 3.66. The number of carbonyl (C=O) groups excluding carboxylic acids is 2. The Balaban J connectivity index is 1.86. The monoisotopic (exact) mass is 369 g/mol. The molecule has 0 aromatic heterocycles. The van der Waals surface area contributed by atoms with E-state index in [0.29, 0.717) is 10.5 Å². The van der Waals surface area contributed by atoms with Crippen LogP contribution in [0.3, 0.4) is 0 Å². The molecule has 0 N–H and O–H groups in total. The van der Waals surface area contributed by atoms with Crippen molar-refractivity contribution in [2.45, 2.75) is 6.92 Å². The number of aryl methyl sites for hydroxylation is 1. The molecule has 2 aromatic rings. The third-order valence-corrected chi connectivity index (χ3v) is 4.98. The number of amides is 2. The van der Waals surface area contributed by atoms with Crippen molar-refractivity contribution in [2.24, 2.45) is 0 Å². The predicted octanol–water partition coefficient (Wildman–Crippen LogP) is 4.05. The van der Waals surface area contributed by atoms with Crippen molar-refractivity contribution in [1.29, 1.82) is 0 Å². The van der Waals surface area contributed by atoms with Crippen molar-refractivity contribution >= 4 is 46.2 Å². The molecular formula is C19H15NO3S2. The van der Waals surface area contributed by atoms with Crippen LogP contribution in [0.25, 0.3) is 6.08 Å². The molecule has 0 bridgehead atoms. The van der Waals surface area contributed by atoms with Crippen molar-refractivity contribution in [3.8, 4) is 5.75 Å². The topological polar surface area (TPSA) is 46.6 Å². The molecule has 2 aromatic carbocycles. The lowest BCUT2D eigenvalue weighted by Gasteiger charge is -2.12. The van der Waals surface area contributed by atoms with Gasteiger partial charge in [0.1, 0.15) is 5.75 Å². The van der Waals surface area contributed by atoms with Crippen LogP contribution in [0.1, 0.15) is 21.5 Å². The minimum Gasteiger partial charge on any atom is -0.497 e. The summed E-state index contributed by atoms with van der Waals surface area (Å²) >= 11 is 6.38. The summed E-state index contributed by atoms with van der Waals surface area (Å²) in [5.41, 5.74) is 2.23. The van der Waals surface area contributed by atoms with E-state index in [1.54, 1.807) is 31.4 Å². The van der Waals surface area contributed by atoms with Gasteiger partial charge >= 0.3 is 0 Å². The molecule has 0 atom stereocenters. The summed E-state index contributed by atoms with van der Waals surface area (Å²) in [4.78, 5) is 26.8. The standard InChI is InChI=1S/C19H15NO3S2/c1-12-4-3-5-14(10-12)17(21)20-18(22)16(25-19(20)24)11-13-6-8-15(23-2)9-7-13/h3-11H,1-2H3/b16-11+. The highest BCUT2D eigenvalue weighted by atomic mass is 32.2. The normalized spacial score (nSPS) is 15.8. The van der Waals surface area contributed by atoms with Gasteiger partial charge in [0.05, 0.1) is 12.0 Å². The molecule has 0 saturated carbocycles. The smallest absolute Gasteiger partial charge is 0.273 e. The third-order valence-electron chi connectivity index (χ3n) is 3.68. The van der Waals surface area contributed by atoms with Crippen molar-refractivity contribution < 1.29 is 14.3 Å². The SMILES string of the molecule is COc1ccc(/C=C2/SC(=S)N(C(=O)c3cccc(C)c3)C2=O)cc1. The lowest BCUT2D eigenvalue weighted by atomic mass is 10.1. The Morgan fingerprint density at radius 2 is 1.92 bits per heavy atom. The maximum Gasteiger partial charge on any atom is 0.273 e. The number of thioether (sulfide) groups is 1. The molecule has 1 aliphatic rings. The summed E-state index contributed by atoms with van der Waals surface area (Å²) in [6.07, 6.45) is 1.72. The van der Waals surface area contributed by atoms with Crippen LogP contribution in [-0.2, 0) is 4.79 Å². The second-order valence-electron chi connectivity index (χ2n) is 5.46. The van der Waals surface area contributed by atoms with Crippen molar-refractivity contribution in [3.63, 3.8) is 0 Å². The number of rotatable bonds is 3. The third kappa shape index (κ3) is 3.65. The van der Waals surface area contributed by atoms with Gasteiger partial charge in [0.25, 0.3) is 11.8 Å². The second kappa shape index (κ2) is 7.21. The molecular weight excluding hydrogens is 354 g/mol. The summed E-state index contributed by atoms with van der Waals surface area (Å²) in [6, 6.07) is 14.4.